The van der Waals surface area contributed by atoms with Crippen molar-refractivity contribution in [3.05, 3.63) is 71.2 Å². The predicted molar refractivity (Wildman–Crippen MR) is 105 cm³/mol. The first-order valence-electron chi connectivity index (χ1n) is 9.14. The number of benzene rings is 1. The largest absolute Gasteiger partial charge is 0.444 e. The Hall–Kier alpha value is -3.09. The summed E-state index contributed by atoms with van der Waals surface area (Å²) in [6, 6.07) is 10.3. The van der Waals surface area contributed by atoms with Crippen LogP contribution in [0.5, 0.6) is 0 Å². The Morgan fingerprint density at radius 2 is 2.04 bits per heavy atom. The Labute approximate surface area is 159 Å². The van der Waals surface area contributed by atoms with Crippen LogP contribution in [0.15, 0.2) is 52.1 Å². The number of hydrogen-bond donors (Lipinski definition) is 2. The number of rotatable bonds is 7. The van der Waals surface area contributed by atoms with Gasteiger partial charge in [0, 0.05) is 18.9 Å². The van der Waals surface area contributed by atoms with Crippen molar-refractivity contribution in [2.24, 2.45) is 4.99 Å². The summed E-state index contributed by atoms with van der Waals surface area (Å²) >= 11 is 0. The highest BCUT2D eigenvalue weighted by atomic mass is 16.4. The highest BCUT2D eigenvalue weighted by molar-refractivity contribution is 5.79. The normalized spacial score (nSPS) is 11.6. The molecule has 0 aliphatic carbocycles. The van der Waals surface area contributed by atoms with Crippen molar-refractivity contribution in [2.45, 2.75) is 40.4 Å². The van der Waals surface area contributed by atoms with Crippen LogP contribution in [0, 0.1) is 13.8 Å². The van der Waals surface area contributed by atoms with Gasteiger partial charge in [0.05, 0.1) is 25.3 Å². The van der Waals surface area contributed by atoms with E-state index in [9.17, 15) is 0 Å². The van der Waals surface area contributed by atoms with Gasteiger partial charge in [-0.1, -0.05) is 24.3 Å². The van der Waals surface area contributed by atoms with E-state index in [4.69, 9.17) is 4.42 Å². The van der Waals surface area contributed by atoms with E-state index in [2.05, 4.69) is 50.0 Å². The molecule has 0 fully saturated rings. The number of aromatic nitrogens is 3. The van der Waals surface area contributed by atoms with Crippen LogP contribution in [-0.4, -0.2) is 27.3 Å². The van der Waals surface area contributed by atoms with Crippen molar-refractivity contribution in [1.82, 2.24) is 25.4 Å². The summed E-state index contributed by atoms with van der Waals surface area (Å²) < 4.78 is 7.52. The smallest absolute Gasteiger partial charge is 0.214 e. The number of nitrogens with one attached hydrogen (secondary N) is 2. The van der Waals surface area contributed by atoms with Crippen molar-refractivity contribution in [2.75, 3.05) is 6.54 Å². The Balaban J connectivity index is 1.62. The maximum absolute atomic E-state index is 5.61. The van der Waals surface area contributed by atoms with Gasteiger partial charge >= 0.3 is 0 Å². The fourth-order valence-electron chi connectivity index (χ4n) is 2.69. The monoisotopic (exact) mass is 366 g/mol. The van der Waals surface area contributed by atoms with Gasteiger partial charge in [-0.05, 0) is 38.0 Å². The van der Waals surface area contributed by atoms with Crippen LogP contribution in [0.25, 0.3) is 0 Å². The summed E-state index contributed by atoms with van der Waals surface area (Å²) in [4.78, 5) is 9.06. The molecule has 0 atom stereocenters. The highest BCUT2D eigenvalue weighted by Crippen LogP contribution is 2.09. The molecule has 3 rings (SSSR count). The molecule has 7 nitrogen and oxygen atoms in total. The topological polar surface area (TPSA) is 80.3 Å². The minimum absolute atomic E-state index is 0.500. The second-order valence-corrected chi connectivity index (χ2v) is 6.32. The Morgan fingerprint density at radius 1 is 1.19 bits per heavy atom. The van der Waals surface area contributed by atoms with Crippen LogP contribution in [-0.2, 0) is 19.6 Å². The molecule has 7 heteroatoms. The lowest BCUT2D eigenvalue weighted by Crippen LogP contribution is -2.36. The van der Waals surface area contributed by atoms with Gasteiger partial charge in [-0.2, -0.15) is 5.10 Å². The Bertz CT molecular complexity index is 862. The van der Waals surface area contributed by atoms with E-state index in [1.165, 1.54) is 5.56 Å². The number of aryl methyl sites for hydroxylation is 2. The van der Waals surface area contributed by atoms with Crippen LogP contribution in [0.3, 0.4) is 0 Å². The van der Waals surface area contributed by atoms with Crippen LogP contribution >= 0.6 is 0 Å². The zero-order chi connectivity index (χ0) is 19.1. The third kappa shape index (κ3) is 5.44. The van der Waals surface area contributed by atoms with Gasteiger partial charge in [-0.15, -0.1) is 0 Å². The van der Waals surface area contributed by atoms with E-state index >= 15 is 0 Å². The van der Waals surface area contributed by atoms with Gasteiger partial charge < -0.3 is 15.1 Å². The number of oxazole rings is 1. The average Bonchev–Trinajstić information content (AvgIpc) is 3.28. The molecule has 0 amide bonds. The van der Waals surface area contributed by atoms with E-state index < -0.39 is 0 Å². The Kier molecular flexibility index (Phi) is 6.25. The van der Waals surface area contributed by atoms with Gasteiger partial charge in [0.25, 0.3) is 0 Å². The maximum atomic E-state index is 5.61. The van der Waals surface area contributed by atoms with Crippen LogP contribution in [0.2, 0.25) is 0 Å². The molecule has 0 saturated carbocycles. The average molecular weight is 366 g/mol. The zero-order valence-electron chi connectivity index (χ0n) is 16.1. The quantitative estimate of drug-likeness (QED) is 0.496. The molecular weight excluding hydrogens is 340 g/mol. The van der Waals surface area contributed by atoms with Crippen molar-refractivity contribution in [1.29, 1.82) is 0 Å². The van der Waals surface area contributed by atoms with E-state index in [1.54, 1.807) is 6.20 Å². The highest BCUT2D eigenvalue weighted by Gasteiger charge is 2.06. The lowest BCUT2D eigenvalue weighted by molar-refractivity contribution is 0.463. The molecule has 0 bridgehead atoms. The number of guanidine groups is 1. The molecule has 142 valence electrons. The maximum Gasteiger partial charge on any atom is 0.214 e. The Morgan fingerprint density at radius 3 is 2.74 bits per heavy atom. The van der Waals surface area contributed by atoms with E-state index in [0.29, 0.717) is 19.0 Å². The standard InChI is InChI=1S/C20H26N6O/c1-4-21-20(23-13-19-25-15(2)16(3)27-19)22-12-17-7-5-8-18(11-17)14-26-10-6-9-24-26/h5-11H,4,12-14H2,1-3H3,(H2,21,22,23). The van der Waals surface area contributed by atoms with Crippen molar-refractivity contribution in [3.63, 3.8) is 0 Å². The molecule has 2 aromatic heterocycles. The van der Waals surface area contributed by atoms with E-state index in [1.807, 2.05) is 37.7 Å². The molecule has 2 heterocycles. The third-order valence-electron chi connectivity index (χ3n) is 4.14. The lowest BCUT2D eigenvalue weighted by Gasteiger charge is -2.10. The van der Waals surface area contributed by atoms with Crippen LogP contribution < -0.4 is 10.6 Å². The molecule has 0 radical (unpaired) electrons. The van der Waals surface area contributed by atoms with Gasteiger partial charge in [-0.3, -0.25) is 4.68 Å². The summed E-state index contributed by atoms with van der Waals surface area (Å²) in [7, 11) is 0. The number of hydrogen-bond acceptors (Lipinski definition) is 4. The van der Waals surface area contributed by atoms with Gasteiger partial charge in [0.1, 0.15) is 5.76 Å². The summed E-state index contributed by atoms with van der Waals surface area (Å²) in [5.74, 6) is 2.25. The molecule has 1 aromatic carbocycles. The first-order chi connectivity index (χ1) is 13.1. The molecule has 0 spiro atoms. The van der Waals surface area contributed by atoms with Crippen LogP contribution in [0.1, 0.15) is 35.4 Å². The van der Waals surface area contributed by atoms with Crippen molar-refractivity contribution < 1.29 is 4.42 Å². The lowest BCUT2D eigenvalue weighted by atomic mass is 10.1. The molecule has 27 heavy (non-hydrogen) atoms. The number of nitrogens with zero attached hydrogens (tertiary/aromatic N) is 4. The molecular formula is C20H26N6O. The molecule has 3 aromatic rings. The summed E-state index contributed by atoms with van der Waals surface area (Å²) in [6.45, 7) is 8.53. The van der Waals surface area contributed by atoms with E-state index in [-0.39, 0.29) is 0 Å². The van der Waals surface area contributed by atoms with Gasteiger partial charge in [-0.25, -0.2) is 9.98 Å². The predicted octanol–water partition coefficient (Wildman–Crippen LogP) is 2.79. The summed E-state index contributed by atoms with van der Waals surface area (Å²) in [5.41, 5.74) is 3.28. The fourth-order valence-corrected chi connectivity index (χ4v) is 2.69. The minimum atomic E-state index is 0.500. The summed E-state index contributed by atoms with van der Waals surface area (Å²) in [6.07, 6.45) is 3.75. The zero-order valence-corrected chi connectivity index (χ0v) is 16.1. The van der Waals surface area contributed by atoms with Crippen molar-refractivity contribution >= 4 is 5.96 Å². The molecule has 0 aliphatic rings. The first-order valence-corrected chi connectivity index (χ1v) is 9.14. The number of aliphatic imine (C=N–C) groups is 1. The first kappa shape index (κ1) is 18.7. The van der Waals surface area contributed by atoms with Gasteiger partial charge in [0.15, 0.2) is 5.96 Å². The SMILES string of the molecule is CCNC(=NCc1cccc(Cn2cccn2)c1)NCc1nc(C)c(C)o1. The summed E-state index contributed by atoms with van der Waals surface area (Å²) in [5, 5.41) is 10.8. The minimum Gasteiger partial charge on any atom is -0.444 e. The second-order valence-electron chi connectivity index (χ2n) is 6.32. The van der Waals surface area contributed by atoms with Gasteiger partial charge in [0.2, 0.25) is 5.89 Å². The fraction of sp³-hybridized carbons (Fsp3) is 0.350. The molecule has 2 N–H and O–H groups in total. The molecule has 0 unspecified atom stereocenters. The van der Waals surface area contributed by atoms with Crippen molar-refractivity contribution in [3.8, 4) is 0 Å². The van der Waals surface area contributed by atoms with Crippen LogP contribution in [0.4, 0.5) is 0 Å². The molecule has 0 aliphatic heterocycles. The second kappa shape index (κ2) is 9.02. The third-order valence-corrected chi connectivity index (χ3v) is 4.14. The van der Waals surface area contributed by atoms with E-state index in [0.717, 1.165) is 36.1 Å². The molecule has 0 saturated heterocycles.